The standard InChI is InChI=1S/C12H23N3/c1-3-15(10-11-5-4-6-11)8-7-12(9-13)14-2/h11-12,14H,3-8,10H2,1-2H3. The van der Waals surface area contributed by atoms with Crippen molar-refractivity contribution >= 4 is 0 Å². The highest BCUT2D eigenvalue weighted by Crippen LogP contribution is 2.27. The summed E-state index contributed by atoms with van der Waals surface area (Å²) >= 11 is 0. The van der Waals surface area contributed by atoms with E-state index in [1.54, 1.807) is 0 Å². The number of nitriles is 1. The van der Waals surface area contributed by atoms with Gasteiger partial charge >= 0.3 is 0 Å². The van der Waals surface area contributed by atoms with Gasteiger partial charge in [0.2, 0.25) is 0 Å². The molecule has 1 aliphatic carbocycles. The molecule has 0 spiro atoms. The zero-order chi connectivity index (χ0) is 11.1. The Morgan fingerprint density at radius 1 is 1.53 bits per heavy atom. The van der Waals surface area contributed by atoms with E-state index in [9.17, 15) is 0 Å². The van der Waals surface area contributed by atoms with Gasteiger partial charge in [-0.3, -0.25) is 0 Å². The van der Waals surface area contributed by atoms with Crippen LogP contribution in [0.25, 0.3) is 0 Å². The number of hydrogen-bond acceptors (Lipinski definition) is 3. The van der Waals surface area contributed by atoms with Gasteiger partial charge in [-0.05, 0) is 38.8 Å². The molecule has 1 aliphatic rings. The van der Waals surface area contributed by atoms with Crippen LogP contribution in [0.3, 0.4) is 0 Å². The summed E-state index contributed by atoms with van der Waals surface area (Å²) in [4.78, 5) is 2.48. The van der Waals surface area contributed by atoms with Crippen LogP contribution in [0.2, 0.25) is 0 Å². The van der Waals surface area contributed by atoms with E-state index in [2.05, 4.69) is 23.2 Å². The van der Waals surface area contributed by atoms with E-state index < -0.39 is 0 Å². The van der Waals surface area contributed by atoms with Gasteiger partial charge in [0.25, 0.3) is 0 Å². The van der Waals surface area contributed by atoms with Crippen LogP contribution in [-0.4, -0.2) is 37.6 Å². The smallest absolute Gasteiger partial charge is 0.0962 e. The number of nitrogens with one attached hydrogen (secondary N) is 1. The first-order valence-corrected chi connectivity index (χ1v) is 6.09. The SMILES string of the molecule is CCN(CCC(C#N)NC)CC1CCC1. The second-order valence-corrected chi connectivity index (χ2v) is 4.45. The van der Waals surface area contributed by atoms with E-state index in [-0.39, 0.29) is 6.04 Å². The van der Waals surface area contributed by atoms with Gasteiger partial charge in [0, 0.05) is 13.1 Å². The highest BCUT2D eigenvalue weighted by Gasteiger charge is 2.20. The van der Waals surface area contributed by atoms with Crippen molar-refractivity contribution in [1.29, 1.82) is 5.26 Å². The summed E-state index contributed by atoms with van der Waals surface area (Å²) < 4.78 is 0. The summed E-state index contributed by atoms with van der Waals surface area (Å²) in [6.45, 7) is 5.60. The largest absolute Gasteiger partial charge is 0.305 e. The van der Waals surface area contributed by atoms with Crippen LogP contribution in [0.5, 0.6) is 0 Å². The van der Waals surface area contributed by atoms with E-state index in [0.717, 1.165) is 25.4 Å². The first-order chi connectivity index (χ1) is 7.30. The Bertz CT molecular complexity index is 205. The Labute approximate surface area is 93.5 Å². The van der Waals surface area contributed by atoms with E-state index in [1.807, 2.05) is 7.05 Å². The molecule has 0 saturated heterocycles. The lowest BCUT2D eigenvalue weighted by Crippen LogP contribution is -2.36. The van der Waals surface area contributed by atoms with Gasteiger partial charge in [-0.2, -0.15) is 5.26 Å². The Morgan fingerprint density at radius 2 is 2.27 bits per heavy atom. The molecule has 15 heavy (non-hydrogen) atoms. The minimum Gasteiger partial charge on any atom is -0.305 e. The van der Waals surface area contributed by atoms with E-state index in [0.29, 0.717) is 0 Å². The van der Waals surface area contributed by atoms with Gasteiger partial charge in [-0.15, -0.1) is 0 Å². The molecule has 0 amide bonds. The van der Waals surface area contributed by atoms with Crippen LogP contribution >= 0.6 is 0 Å². The molecule has 1 fully saturated rings. The van der Waals surface area contributed by atoms with Crippen molar-refractivity contribution in [2.45, 2.75) is 38.6 Å². The van der Waals surface area contributed by atoms with Crippen molar-refractivity contribution in [2.75, 3.05) is 26.7 Å². The summed E-state index contributed by atoms with van der Waals surface area (Å²) in [5.74, 6) is 0.931. The van der Waals surface area contributed by atoms with Crippen LogP contribution in [0, 0.1) is 17.2 Å². The quantitative estimate of drug-likeness (QED) is 0.692. The zero-order valence-corrected chi connectivity index (χ0v) is 10.00. The third-order valence-corrected chi connectivity index (χ3v) is 3.43. The van der Waals surface area contributed by atoms with Crippen molar-refractivity contribution in [3.8, 4) is 6.07 Å². The first-order valence-electron chi connectivity index (χ1n) is 6.09. The van der Waals surface area contributed by atoms with E-state index >= 15 is 0 Å². The highest BCUT2D eigenvalue weighted by atomic mass is 15.1. The summed E-state index contributed by atoms with van der Waals surface area (Å²) in [5.41, 5.74) is 0. The van der Waals surface area contributed by atoms with Crippen molar-refractivity contribution in [3.63, 3.8) is 0 Å². The molecule has 0 aromatic rings. The van der Waals surface area contributed by atoms with E-state index in [4.69, 9.17) is 5.26 Å². The van der Waals surface area contributed by atoms with Crippen molar-refractivity contribution < 1.29 is 0 Å². The number of rotatable bonds is 7. The Balaban J connectivity index is 2.17. The van der Waals surface area contributed by atoms with Crippen LogP contribution in [0.1, 0.15) is 32.6 Å². The summed E-state index contributed by atoms with van der Waals surface area (Å²) in [6, 6.07) is 2.29. The first kappa shape index (κ1) is 12.5. The van der Waals surface area contributed by atoms with Gasteiger partial charge in [-0.25, -0.2) is 0 Å². The van der Waals surface area contributed by atoms with Gasteiger partial charge < -0.3 is 10.2 Å². The van der Waals surface area contributed by atoms with Crippen molar-refractivity contribution in [1.82, 2.24) is 10.2 Å². The van der Waals surface area contributed by atoms with Crippen molar-refractivity contribution in [3.05, 3.63) is 0 Å². The maximum absolute atomic E-state index is 8.82. The normalized spacial score (nSPS) is 18.5. The molecule has 1 atom stereocenters. The molecule has 3 heteroatoms. The lowest BCUT2D eigenvalue weighted by molar-refractivity contribution is 0.180. The lowest BCUT2D eigenvalue weighted by atomic mass is 9.85. The van der Waals surface area contributed by atoms with Crippen LogP contribution in [0.15, 0.2) is 0 Å². The average molecular weight is 209 g/mol. The van der Waals surface area contributed by atoms with Crippen molar-refractivity contribution in [2.24, 2.45) is 5.92 Å². The minimum absolute atomic E-state index is 0.0143. The summed E-state index contributed by atoms with van der Waals surface area (Å²) in [6.07, 6.45) is 5.17. The fourth-order valence-electron chi connectivity index (χ4n) is 2.00. The molecule has 0 heterocycles. The Hall–Kier alpha value is -0.590. The Kier molecular flexibility index (Phi) is 5.67. The molecular weight excluding hydrogens is 186 g/mol. The van der Waals surface area contributed by atoms with Crippen LogP contribution < -0.4 is 5.32 Å². The predicted molar refractivity (Wildman–Crippen MR) is 62.5 cm³/mol. The zero-order valence-electron chi connectivity index (χ0n) is 10.00. The van der Waals surface area contributed by atoms with E-state index in [1.165, 1.54) is 25.8 Å². The molecule has 1 unspecified atom stereocenters. The molecule has 0 radical (unpaired) electrons. The molecule has 0 bridgehead atoms. The maximum atomic E-state index is 8.82. The molecule has 86 valence electrons. The lowest BCUT2D eigenvalue weighted by Gasteiger charge is -2.32. The monoisotopic (exact) mass is 209 g/mol. The molecule has 1 saturated carbocycles. The molecule has 0 aromatic carbocycles. The fraction of sp³-hybridized carbons (Fsp3) is 0.917. The Morgan fingerprint density at radius 3 is 2.67 bits per heavy atom. The topological polar surface area (TPSA) is 39.1 Å². The summed E-state index contributed by atoms with van der Waals surface area (Å²) in [7, 11) is 1.86. The second-order valence-electron chi connectivity index (χ2n) is 4.45. The predicted octanol–water partition coefficient (Wildman–Crippen LogP) is 1.61. The molecule has 0 aromatic heterocycles. The van der Waals surface area contributed by atoms with Gasteiger partial charge in [0.15, 0.2) is 0 Å². The van der Waals surface area contributed by atoms with Gasteiger partial charge in [-0.1, -0.05) is 13.3 Å². The van der Waals surface area contributed by atoms with Gasteiger partial charge in [0.05, 0.1) is 12.1 Å². The summed E-state index contributed by atoms with van der Waals surface area (Å²) in [5, 5.41) is 11.8. The van der Waals surface area contributed by atoms with Crippen LogP contribution in [-0.2, 0) is 0 Å². The molecule has 1 N–H and O–H groups in total. The molecule has 3 nitrogen and oxygen atoms in total. The third kappa shape index (κ3) is 4.19. The third-order valence-electron chi connectivity index (χ3n) is 3.43. The fourth-order valence-corrected chi connectivity index (χ4v) is 2.00. The maximum Gasteiger partial charge on any atom is 0.0962 e. The van der Waals surface area contributed by atoms with Gasteiger partial charge in [0.1, 0.15) is 0 Å². The number of nitrogens with zero attached hydrogens (tertiary/aromatic N) is 2. The second kappa shape index (κ2) is 6.81. The number of hydrogen-bond donors (Lipinski definition) is 1. The molecular formula is C12H23N3. The molecule has 0 aliphatic heterocycles. The average Bonchev–Trinajstić information content (AvgIpc) is 2.21. The highest BCUT2D eigenvalue weighted by molar-refractivity contribution is 4.89. The molecule has 1 rings (SSSR count). The minimum atomic E-state index is 0.0143. The van der Waals surface area contributed by atoms with Crippen LogP contribution in [0.4, 0.5) is 0 Å².